The van der Waals surface area contributed by atoms with Gasteiger partial charge >= 0.3 is 0 Å². The third kappa shape index (κ3) is 11.6. The van der Waals surface area contributed by atoms with Crippen LogP contribution in [-0.4, -0.2) is 0 Å². The smallest absolute Gasteiger partial charge is 0.138 e. The van der Waals surface area contributed by atoms with Gasteiger partial charge in [0.1, 0.15) is 10.8 Å². The highest BCUT2D eigenvalue weighted by Gasteiger charge is 2.06. The van der Waals surface area contributed by atoms with Gasteiger partial charge in [0, 0.05) is 28.5 Å². The first-order valence-corrected chi connectivity index (χ1v) is 20.2. The van der Waals surface area contributed by atoms with Gasteiger partial charge in [-0.3, -0.25) is 0 Å². The maximum atomic E-state index is 9.12. The molecule has 0 aliphatic rings. The van der Waals surface area contributed by atoms with Crippen molar-refractivity contribution < 1.29 is 0 Å². The predicted molar refractivity (Wildman–Crippen MR) is 226 cm³/mol. The second-order valence-corrected chi connectivity index (χ2v) is 15.8. The van der Waals surface area contributed by atoms with Crippen molar-refractivity contribution in [3.8, 4) is 33.1 Å². The summed E-state index contributed by atoms with van der Waals surface area (Å²) in [6.07, 6.45) is 0. The van der Waals surface area contributed by atoms with Gasteiger partial charge in [-0.2, -0.15) is 10.5 Å². The first-order chi connectivity index (χ1) is 24.5. The molecule has 0 unspecified atom stereocenters. The molecule has 0 atom stereocenters. The van der Waals surface area contributed by atoms with Gasteiger partial charge in [-0.15, -0.1) is 0 Å². The summed E-state index contributed by atoms with van der Waals surface area (Å²) in [5.74, 6) is 0. The summed E-state index contributed by atoms with van der Waals surface area (Å²) in [5.41, 5.74) is 6.83. The van der Waals surface area contributed by atoms with Gasteiger partial charge in [0.15, 0.2) is 0 Å². The lowest BCUT2D eigenvalue weighted by atomic mass is 10.0. The van der Waals surface area contributed by atoms with Gasteiger partial charge in [-0.1, -0.05) is 165 Å². The molecule has 0 saturated heterocycles. The Labute approximate surface area is 328 Å². The third-order valence-corrected chi connectivity index (χ3v) is 11.6. The number of nitrogens with zero attached hydrogens (tertiary/aromatic N) is 2. The van der Waals surface area contributed by atoms with Crippen LogP contribution in [0.25, 0.3) is 32.1 Å². The van der Waals surface area contributed by atoms with Crippen LogP contribution < -0.4 is 0 Å². The Morgan fingerprint density at radius 1 is 0.420 bits per heavy atom. The average Bonchev–Trinajstić information content (AvgIpc) is 3.17. The molecule has 8 heteroatoms. The van der Waals surface area contributed by atoms with E-state index < -0.39 is 0 Å². The lowest BCUT2D eigenvalue weighted by Crippen LogP contribution is -1.81. The van der Waals surface area contributed by atoms with Gasteiger partial charge < -0.3 is 0 Å². The van der Waals surface area contributed by atoms with Gasteiger partial charge in [0.2, 0.25) is 0 Å². The average molecular weight is 849 g/mol. The molecule has 6 rings (SSSR count). The maximum Gasteiger partial charge on any atom is 0.138 e. The normalized spacial score (nSPS) is 11.1. The Bertz CT molecular complexity index is 1950. The molecular weight excluding hydrogens is 821 g/mol. The fraction of sp³-hybridized carbons (Fsp3) is 0. The highest BCUT2D eigenvalue weighted by Crippen LogP contribution is 2.35. The van der Waals surface area contributed by atoms with Gasteiger partial charge in [-0.05, 0) is 116 Å². The van der Waals surface area contributed by atoms with E-state index in [0.29, 0.717) is 0 Å². The molecule has 50 heavy (non-hydrogen) atoms. The van der Waals surface area contributed by atoms with Crippen molar-refractivity contribution in [2.24, 2.45) is 0 Å². The Balaban J connectivity index is 0.000000194. The van der Waals surface area contributed by atoms with E-state index in [4.69, 9.17) is 10.5 Å². The Morgan fingerprint density at radius 2 is 0.740 bits per heavy atom. The molecule has 244 valence electrons. The molecule has 2 nitrogen and oxygen atoms in total. The molecule has 0 N–H and O–H groups in total. The Kier molecular flexibility index (Phi) is 15.0. The van der Waals surface area contributed by atoms with Crippen molar-refractivity contribution in [2.75, 3.05) is 0 Å². The second-order valence-electron chi connectivity index (χ2n) is 10.4. The molecule has 0 amide bonds. The quantitative estimate of drug-likeness (QED) is 0.101. The van der Waals surface area contributed by atoms with E-state index in [1.54, 1.807) is 23.5 Å². The molecule has 6 aromatic carbocycles. The van der Waals surface area contributed by atoms with Crippen molar-refractivity contribution in [1.29, 1.82) is 10.5 Å². The van der Waals surface area contributed by atoms with Crippen molar-refractivity contribution in [1.82, 2.24) is 0 Å². The fourth-order valence-electron chi connectivity index (χ4n) is 4.58. The summed E-state index contributed by atoms with van der Waals surface area (Å²) in [6.45, 7) is 0. The van der Waals surface area contributed by atoms with Crippen LogP contribution in [0.1, 0.15) is 11.1 Å². The van der Waals surface area contributed by atoms with Crippen molar-refractivity contribution in [3.63, 3.8) is 0 Å². The molecule has 0 aliphatic carbocycles. The molecular formula is C42H28Br2N2S4. The maximum absolute atomic E-state index is 9.12. The zero-order valence-corrected chi connectivity index (χ0v) is 32.9. The predicted octanol–water partition coefficient (Wildman–Crippen LogP) is 14.8. The van der Waals surface area contributed by atoms with E-state index in [1.165, 1.54) is 45.8 Å². The Morgan fingerprint density at radius 3 is 1.06 bits per heavy atom. The number of thioether (sulfide) groups is 4. The zero-order chi connectivity index (χ0) is 35.0. The van der Waals surface area contributed by atoms with E-state index in [0.717, 1.165) is 39.7 Å². The molecule has 6 aromatic rings. The third-order valence-electron chi connectivity index (χ3n) is 7.10. The Hall–Kier alpha value is -3.86. The number of hydrogen-bond donors (Lipinski definition) is 0. The van der Waals surface area contributed by atoms with Crippen LogP contribution in [0.15, 0.2) is 187 Å². The highest BCUT2D eigenvalue weighted by atomic mass is 79.9. The summed E-state index contributed by atoms with van der Waals surface area (Å²) >= 11 is 12.5. The molecule has 0 heterocycles. The van der Waals surface area contributed by atoms with Crippen LogP contribution >= 0.6 is 78.9 Å². The molecule has 0 saturated carbocycles. The standard InChI is InChI=1S/2C21H14BrNS2/c2*22-19-10-12-20(13-11-19)24-14-21(25-15-23)18-8-6-17(7-9-18)16-4-2-1-3-5-16/h2*1-14H/b2*21-14+. The van der Waals surface area contributed by atoms with Crippen LogP contribution in [0.4, 0.5) is 0 Å². The van der Waals surface area contributed by atoms with Gasteiger partial charge in [0.05, 0.1) is 0 Å². The van der Waals surface area contributed by atoms with Crippen LogP contribution in [0, 0.1) is 21.3 Å². The van der Waals surface area contributed by atoms with E-state index in [9.17, 15) is 0 Å². The molecule has 0 fully saturated rings. The largest absolute Gasteiger partial charge is 0.185 e. The summed E-state index contributed by atoms with van der Waals surface area (Å²) in [6, 6.07) is 53.5. The highest BCUT2D eigenvalue weighted by molar-refractivity contribution is 9.10. The zero-order valence-electron chi connectivity index (χ0n) is 26.4. The van der Waals surface area contributed by atoms with E-state index in [2.05, 4.69) is 140 Å². The first kappa shape index (κ1) is 37.4. The first-order valence-electron chi connectivity index (χ1n) is 15.2. The van der Waals surface area contributed by atoms with Crippen LogP contribution in [-0.2, 0) is 0 Å². The van der Waals surface area contributed by atoms with Crippen molar-refractivity contribution in [3.05, 3.63) is 189 Å². The summed E-state index contributed by atoms with van der Waals surface area (Å²) in [7, 11) is 0. The minimum absolute atomic E-state index is 0.954. The van der Waals surface area contributed by atoms with E-state index >= 15 is 0 Å². The van der Waals surface area contributed by atoms with Crippen LogP contribution in [0.2, 0.25) is 0 Å². The topological polar surface area (TPSA) is 47.6 Å². The van der Waals surface area contributed by atoms with Crippen LogP contribution in [0.3, 0.4) is 0 Å². The minimum Gasteiger partial charge on any atom is -0.185 e. The van der Waals surface area contributed by atoms with Gasteiger partial charge in [0.25, 0.3) is 0 Å². The number of halogens is 2. The SMILES string of the molecule is N#CS/C(=C/Sc1ccc(Br)cc1)c1ccc(-c2ccccc2)cc1.N#CS/C(=C/Sc1ccc(Br)cc1)c1ccc(-c2ccccc2)cc1. The van der Waals surface area contributed by atoms with Crippen LogP contribution in [0.5, 0.6) is 0 Å². The van der Waals surface area contributed by atoms with Crippen molar-refractivity contribution in [2.45, 2.75) is 9.79 Å². The van der Waals surface area contributed by atoms with E-state index in [1.807, 2.05) is 71.5 Å². The molecule has 0 aliphatic heterocycles. The molecule has 0 bridgehead atoms. The summed E-state index contributed by atoms with van der Waals surface area (Å²) in [4.78, 5) is 4.19. The molecule has 0 spiro atoms. The summed E-state index contributed by atoms with van der Waals surface area (Å²) in [5, 5.41) is 26.7. The van der Waals surface area contributed by atoms with E-state index in [-0.39, 0.29) is 0 Å². The number of benzene rings is 6. The monoisotopic (exact) mass is 846 g/mol. The number of nitriles is 2. The lowest BCUT2D eigenvalue weighted by molar-refractivity contribution is 1.45. The second kappa shape index (κ2) is 20.1. The number of thiocyanates is 2. The molecule has 0 radical (unpaired) electrons. The lowest BCUT2D eigenvalue weighted by Gasteiger charge is -2.06. The molecule has 0 aromatic heterocycles. The number of hydrogen-bond acceptors (Lipinski definition) is 6. The summed E-state index contributed by atoms with van der Waals surface area (Å²) < 4.78 is 2.12. The van der Waals surface area contributed by atoms with Gasteiger partial charge in [-0.25, -0.2) is 0 Å². The van der Waals surface area contributed by atoms with Crippen molar-refractivity contribution >= 4 is 88.7 Å². The number of rotatable bonds is 10. The fourth-order valence-corrected chi connectivity index (χ4v) is 7.84. The minimum atomic E-state index is 0.954.